The van der Waals surface area contributed by atoms with Crippen LogP contribution in [-0.2, 0) is 14.4 Å². The van der Waals surface area contributed by atoms with Gasteiger partial charge in [-0.05, 0) is 37.3 Å². The lowest BCUT2D eigenvalue weighted by molar-refractivity contribution is -0.144. The number of ketones is 1. The molecular formula is C26H21ClF4N4O7. The standard InChI is InChI=1S/C26H21ClF4N4O7/c1-11(35-6-2-3-18(25(35)39)33-24(38)12-4-5-17(32)14(27)7-12)23(37)34-19(26(40)41)8-13(36)10-42-22-20(30)15(28)9-16(29)21(22)31/h2-7,9,11,19H,8,10,32H2,1H3,(H,33,38)(H,34,37)(H,40,41). The van der Waals surface area contributed by atoms with Gasteiger partial charge in [0.15, 0.2) is 23.2 Å². The first-order valence-corrected chi connectivity index (χ1v) is 12.2. The summed E-state index contributed by atoms with van der Waals surface area (Å²) in [4.78, 5) is 62.2. The Bertz CT molecular complexity index is 1610. The van der Waals surface area contributed by atoms with E-state index >= 15 is 0 Å². The number of nitrogens with zero attached hydrogens (tertiary/aromatic N) is 1. The van der Waals surface area contributed by atoms with Crippen molar-refractivity contribution in [3.63, 3.8) is 0 Å². The molecule has 0 saturated carbocycles. The number of pyridine rings is 1. The number of carboxylic acid groups (broad SMARTS) is 1. The SMILES string of the molecule is CC(C(=O)NC(CC(=O)COc1c(F)c(F)cc(F)c1F)C(=O)O)n1cccc(NC(=O)c2ccc(N)c(Cl)c2)c1=O. The number of Topliss-reactive ketones (excluding diaryl/α,β-unsaturated/α-hetero) is 1. The van der Waals surface area contributed by atoms with Crippen molar-refractivity contribution in [1.29, 1.82) is 0 Å². The maximum absolute atomic E-state index is 13.7. The predicted molar refractivity (Wildman–Crippen MR) is 140 cm³/mol. The van der Waals surface area contributed by atoms with E-state index in [1.54, 1.807) is 0 Å². The van der Waals surface area contributed by atoms with Gasteiger partial charge in [-0.2, -0.15) is 8.78 Å². The van der Waals surface area contributed by atoms with Gasteiger partial charge in [0.05, 0.1) is 10.7 Å². The number of carbonyl (C=O) groups is 4. The average molecular weight is 613 g/mol. The lowest BCUT2D eigenvalue weighted by atomic mass is 10.1. The predicted octanol–water partition coefficient (Wildman–Crippen LogP) is 3.06. The highest BCUT2D eigenvalue weighted by Gasteiger charge is 2.28. The maximum Gasteiger partial charge on any atom is 0.326 e. The number of nitrogen functional groups attached to an aromatic ring is 1. The summed E-state index contributed by atoms with van der Waals surface area (Å²) in [6, 6.07) is 3.33. The van der Waals surface area contributed by atoms with Crippen molar-refractivity contribution >= 4 is 46.5 Å². The molecule has 0 fully saturated rings. The number of nitrogens with two attached hydrogens (primary N) is 1. The van der Waals surface area contributed by atoms with E-state index in [9.17, 15) is 46.6 Å². The zero-order valence-corrected chi connectivity index (χ0v) is 22.2. The van der Waals surface area contributed by atoms with E-state index in [0.29, 0.717) is 0 Å². The van der Waals surface area contributed by atoms with Gasteiger partial charge >= 0.3 is 5.97 Å². The molecule has 2 amide bonds. The third kappa shape index (κ3) is 7.23. The maximum atomic E-state index is 13.7. The Kier molecular flexibility index (Phi) is 9.90. The number of aliphatic carboxylic acids is 1. The number of amides is 2. The quantitative estimate of drug-likeness (QED) is 0.145. The minimum atomic E-state index is -1.90. The molecule has 42 heavy (non-hydrogen) atoms. The normalized spacial score (nSPS) is 12.2. The first-order chi connectivity index (χ1) is 19.7. The third-order valence-corrected chi connectivity index (χ3v) is 6.10. The Morgan fingerprint density at radius 2 is 1.71 bits per heavy atom. The number of hydrogen-bond donors (Lipinski definition) is 4. The summed E-state index contributed by atoms with van der Waals surface area (Å²) in [5, 5.41) is 14.0. The number of halogens is 5. The zero-order valence-electron chi connectivity index (χ0n) is 21.4. The number of benzene rings is 2. The second-order valence-corrected chi connectivity index (χ2v) is 9.14. The Morgan fingerprint density at radius 1 is 1.07 bits per heavy atom. The fourth-order valence-electron chi connectivity index (χ4n) is 3.51. The highest BCUT2D eigenvalue weighted by molar-refractivity contribution is 6.33. The van der Waals surface area contributed by atoms with Crippen LogP contribution in [0.1, 0.15) is 29.7 Å². The van der Waals surface area contributed by atoms with Crippen molar-refractivity contribution < 1.29 is 46.6 Å². The van der Waals surface area contributed by atoms with Crippen molar-refractivity contribution in [3.05, 3.63) is 86.8 Å². The Hall–Kier alpha value is -4.92. The lowest BCUT2D eigenvalue weighted by Crippen LogP contribution is -2.46. The molecule has 0 aliphatic carbocycles. The molecule has 16 heteroatoms. The fraction of sp³-hybridized carbons (Fsp3) is 0.192. The number of anilines is 2. The van der Waals surface area contributed by atoms with Crippen LogP contribution in [0.5, 0.6) is 5.75 Å². The van der Waals surface area contributed by atoms with Gasteiger partial charge < -0.3 is 30.8 Å². The van der Waals surface area contributed by atoms with Crippen LogP contribution in [0.25, 0.3) is 0 Å². The Labute approximate surface area is 238 Å². The van der Waals surface area contributed by atoms with Gasteiger partial charge in [-0.25, -0.2) is 13.6 Å². The number of nitrogens with one attached hydrogen (secondary N) is 2. The van der Waals surface area contributed by atoms with Crippen molar-refractivity contribution in [2.24, 2.45) is 0 Å². The van der Waals surface area contributed by atoms with Crippen LogP contribution < -0.4 is 26.7 Å². The van der Waals surface area contributed by atoms with Gasteiger partial charge in [0.2, 0.25) is 17.5 Å². The summed E-state index contributed by atoms with van der Waals surface area (Å²) in [5.41, 5.74) is 4.87. The molecule has 1 heterocycles. The number of ether oxygens (including phenoxy) is 1. The molecule has 222 valence electrons. The molecule has 5 N–H and O–H groups in total. The van der Waals surface area contributed by atoms with E-state index in [4.69, 9.17) is 17.3 Å². The molecule has 1 aromatic heterocycles. The van der Waals surface area contributed by atoms with E-state index in [0.717, 1.165) is 4.57 Å². The minimum Gasteiger partial charge on any atom is -0.480 e. The topological polar surface area (TPSA) is 170 Å². The van der Waals surface area contributed by atoms with Crippen LogP contribution in [0.2, 0.25) is 5.02 Å². The molecule has 0 spiro atoms. The largest absolute Gasteiger partial charge is 0.480 e. The zero-order chi connectivity index (χ0) is 31.3. The monoisotopic (exact) mass is 612 g/mol. The lowest BCUT2D eigenvalue weighted by Gasteiger charge is -2.20. The molecule has 11 nitrogen and oxygen atoms in total. The molecular weight excluding hydrogens is 592 g/mol. The van der Waals surface area contributed by atoms with E-state index in [1.807, 2.05) is 0 Å². The van der Waals surface area contributed by atoms with Gasteiger partial charge in [-0.1, -0.05) is 11.6 Å². The van der Waals surface area contributed by atoms with Gasteiger partial charge in [0, 0.05) is 24.2 Å². The molecule has 2 unspecified atom stereocenters. The van der Waals surface area contributed by atoms with Gasteiger partial charge in [0.25, 0.3) is 11.5 Å². The first kappa shape index (κ1) is 31.6. The second kappa shape index (κ2) is 13.2. The van der Waals surface area contributed by atoms with Gasteiger partial charge in [-0.3, -0.25) is 19.2 Å². The van der Waals surface area contributed by atoms with E-state index in [-0.39, 0.29) is 28.0 Å². The summed E-state index contributed by atoms with van der Waals surface area (Å²) >= 11 is 5.92. The van der Waals surface area contributed by atoms with E-state index < -0.39 is 83.3 Å². The van der Waals surface area contributed by atoms with Crippen LogP contribution in [0.15, 0.2) is 47.4 Å². The minimum absolute atomic E-state index is 0.0681. The molecule has 0 aliphatic heterocycles. The molecule has 2 atom stereocenters. The first-order valence-electron chi connectivity index (χ1n) is 11.8. The van der Waals surface area contributed by atoms with E-state index in [2.05, 4.69) is 15.4 Å². The Balaban J connectivity index is 1.68. The Morgan fingerprint density at radius 3 is 2.31 bits per heavy atom. The summed E-state index contributed by atoms with van der Waals surface area (Å²) < 4.78 is 59.5. The highest BCUT2D eigenvalue weighted by atomic mass is 35.5. The summed E-state index contributed by atoms with van der Waals surface area (Å²) in [6.07, 6.45) is 0.238. The molecule has 0 aliphatic rings. The molecule has 0 bridgehead atoms. The van der Waals surface area contributed by atoms with Crippen molar-refractivity contribution in [2.75, 3.05) is 17.7 Å². The third-order valence-electron chi connectivity index (χ3n) is 5.78. The highest BCUT2D eigenvalue weighted by Crippen LogP contribution is 2.26. The number of carbonyl (C=O) groups excluding carboxylic acids is 3. The number of aromatic nitrogens is 1. The fourth-order valence-corrected chi connectivity index (χ4v) is 3.69. The summed E-state index contributed by atoms with van der Waals surface area (Å²) in [6.45, 7) is 0.0440. The van der Waals surface area contributed by atoms with Gasteiger partial charge in [0.1, 0.15) is 24.4 Å². The molecule has 3 aromatic rings. The van der Waals surface area contributed by atoms with Crippen molar-refractivity contribution in [1.82, 2.24) is 9.88 Å². The average Bonchev–Trinajstić information content (AvgIpc) is 2.93. The molecule has 0 radical (unpaired) electrons. The van der Waals surface area contributed by atoms with Crippen LogP contribution in [0.3, 0.4) is 0 Å². The number of hydrogen-bond acceptors (Lipinski definition) is 7. The van der Waals surface area contributed by atoms with Crippen LogP contribution in [0, 0.1) is 23.3 Å². The smallest absolute Gasteiger partial charge is 0.326 e. The number of carboxylic acids is 1. The molecule has 0 saturated heterocycles. The van der Waals surface area contributed by atoms with Crippen molar-refractivity contribution in [2.45, 2.75) is 25.4 Å². The molecule has 3 rings (SSSR count). The second-order valence-electron chi connectivity index (χ2n) is 8.73. The van der Waals surface area contributed by atoms with Crippen LogP contribution in [-0.4, -0.2) is 45.9 Å². The summed E-state index contributed by atoms with van der Waals surface area (Å²) in [7, 11) is 0. The van der Waals surface area contributed by atoms with Crippen LogP contribution in [0.4, 0.5) is 28.9 Å². The van der Waals surface area contributed by atoms with Gasteiger partial charge in [-0.15, -0.1) is 0 Å². The van der Waals surface area contributed by atoms with Crippen molar-refractivity contribution in [3.8, 4) is 5.75 Å². The summed E-state index contributed by atoms with van der Waals surface area (Å²) in [5.74, 6) is -13.4. The van der Waals surface area contributed by atoms with E-state index in [1.165, 1.54) is 43.5 Å². The van der Waals surface area contributed by atoms with Crippen LogP contribution >= 0.6 is 11.6 Å². The number of rotatable bonds is 11. The molecule has 2 aromatic carbocycles.